The number of hydrogen-bond acceptors (Lipinski definition) is 4. The molecule has 21 heavy (non-hydrogen) atoms. The van der Waals surface area contributed by atoms with E-state index in [9.17, 15) is 13.2 Å². The molecule has 116 valence electrons. The zero-order chi connectivity index (χ0) is 15.6. The molecule has 7 heteroatoms. The smallest absolute Gasteiger partial charge is 0.336 e. The van der Waals surface area contributed by atoms with E-state index in [1.54, 1.807) is 0 Å². The van der Waals surface area contributed by atoms with Crippen molar-refractivity contribution in [3.8, 4) is 0 Å². The second kappa shape index (κ2) is 6.34. The summed E-state index contributed by atoms with van der Waals surface area (Å²) in [6.07, 6.45) is 2.19. The molecular weight excluding hydrogens is 314 g/mol. The Morgan fingerprint density at radius 3 is 2.52 bits per heavy atom. The summed E-state index contributed by atoms with van der Waals surface area (Å²) in [5.41, 5.74) is 0.176. The number of nitrogens with zero attached hydrogens (tertiary/aromatic N) is 1. The molecule has 0 bridgehead atoms. The van der Waals surface area contributed by atoms with Crippen LogP contribution in [0.1, 0.15) is 28.8 Å². The third-order valence-electron chi connectivity index (χ3n) is 3.77. The van der Waals surface area contributed by atoms with Crippen molar-refractivity contribution in [2.24, 2.45) is 0 Å². The van der Waals surface area contributed by atoms with Crippen LogP contribution in [0.5, 0.6) is 0 Å². The normalized spacial score (nSPS) is 16.3. The van der Waals surface area contributed by atoms with Crippen molar-refractivity contribution in [3.63, 3.8) is 0 Å². The number of sulfone groups is 1. The number of halogens is 1. The highest BCUT2D eigenvalue weighted by molar-refractivity contribution is 7.91. The lowest BCUT2D eigenvalue weighted by atomic mass is 10.1. The van der Waals surface area contributed by atoms with Crippen LogP contribution in [0.15, 0.2) is 17.0 Å². The fourth-order valence-electron chi connectivity index (χ4n) is 2.56. The summed E-state index contributed by atoms with van der Waals surface area (Å²) in [6, 6.07) is 2.61. The van der Waals surface area contributed by atoms with E-state index < -0.39 is 15.8 Å². The molecule has 0 aliphatic carbocycles. The fraction of sp³-hybridized carbons (Fsp3) is 0.500. The predicted molar refractivity (Wildman–Crippen MR) is 80.9 cm³/mol. The first kappa shape index (κ1) is 16.3. The molecule has 0 aromatic heterocycles. The number of aromatic carboxylic acids is 1. The molecule has 2 rings (SSSR count). The number of likely N-dealkylation sites (tertiary alicyclic amines) is 1. The van der Waals surface area contributed by atoms with Crippen LogP contribution in [0.3, 0.4) is 0 Å². The molecule has 0 saturated carbocycles. The topological polar surface area (TPSA) is 74.7 Å². The summed E-state index contributed by atoms with van der Waals surface area (Å²) in [5, 5.41) is 9.24. The zero-order valence-corrected chi connectivity index (χ0v) is 13.4. The Morgan fingerprint density at radius 1 is 1.33 bits per heavy atom. The van der Waals surface area contributed by atoms with E-state index in [4.69, 9.17) is 16.7 Å². The molecule has 0 atom stereocenters. The summed E-state index contributed by atoms with van der Waals surface area (Å²) < 4.78 is 24.9. The summed E-state index contributed by atoms with van der Waals surface area (Å²) in [7, 11) is -3.55. The number of hydrogen-bond donors (Lipinski definition) is 1. The van der Waals surface area contributed by atoms with Crippen molar-refractivity contribution < 1.29 is 18.3 Å². The molecule has 1 saturated heterocycles. The van der Waals surface area contributed by atoms with E-state index in [0.29, 0.717) is 6.54 Å². The molecule has 1 aliphatic rings. The van der Waals surface area contributed by atoms with Gasteiger partial charge in [0.1, 0.15) is 0 Å². The van der Waals surface area contributed by atoms with E-state index in [1.807, 2.05) is 0 Å². The van der Waals surface area contributed by atoms with E-state index >= 15 is 0 Å². The maximum Gasteiger partial charge on any atom is 0.336 e. The van der Waals surface area contributed by atoms with E-state index in [0.717, 1.165) is 25.9 Å². The minimum atomic E-state index is -3.55. The Bertz CT molecular complexity index is 651. The standard InChI is InChI=1S/C14H18ClNO4S/c1-10-12(14(17)18)8-11(15)9-13(10)21(19,20)7-6-16-4-2-3-5-16/h8-9H,2-7H2,1H3,(H,17,18). The second-order valence-corrected chi connectivity index (χ2v) is 7.76. The first-order chi connectivity index (χ1) is 9.81. The molecule has 0 amide bonds. The molecule has 1 fully saturated rings. The highest BCUT2D eigenvalue weighted by Crippen LogP contribution is 2.25. The number of rotatable bonds is 5. The van der Waals surface area contributed by atoms with Gasteiger partial charge in [0.15, 0.2) is 9.84 Å². The lowest BCUT2D eigenvalue weighted by molar-refractivity contribution is 0.0696. The van der Waals surface area contributed by atoms with Gasteiger partial charge in [0.25, 0.3) is 0 Å². The Hall–Kier alpha value is -1.11. The third-order valence-corrected chi connectivity index (χ3v) is 5.80. The number of carboxylic acid groups (broad SMARTS) is 1. The van der Waals surface area contributed by atoms with Crippen molar-refractivity contribution in [2.75, 3.05) is 25.4 Å². The van der Waals surface area contributed by atoms with Gasteiger partial charge in [0.05, 0.1) is 16.2 Å². The minimum Gasteiger partial charge on any atom is -0.478 e. The van der Waals surface area contributed by atoms with Gasteiger partial charge in [-0.1, -0.05) is 11.6 Å². The van der Waals surface area contributed by atoms with Crippen LogP contribution < -0.4 is 0 Å². The number of carboxylic acids is 1. The molecule has 5 nitrogen and oxygen atoms in total. The SMILES string of the molecule is Cc1c(C(=O)O)cc(Cl)cc1S(=O)(=O)CCN1CCCC1. The summed E-state index contributed by atoms with van der Waals surface area (Å²) in [6.45, 7) is 3.81. The highest BCUT2D eigenvalue weighted by Gasteiger charge is 2.23. The van der Waals surface area contributed by atoms with Crippen molar-refractivity contribution in [3.05, 3.63) is 28.3 Å². The molecule has 0 spiro atoms. The fourth-order valence-corrected chi connectivity index (χ4v) is 4.45. The first-order valence-electron chi connectivity index (χ1n) is 6.80. The van der Waals surface area contributed by atoms with Crippen molar-refractivity contribution in [1.82, 2.24) is 4.90 Å². The summed E-state index contributed by atoms with van der Waals surface area (Å²) >= 11 is 5.86. The second-order valence-electron chi connectivity index (χ2n) is 5.25. The molecule has 0 radical (unpaired) electrons. The van der Waals surface area contributed by atoms with Crippen LogP contribution in [-0.4, -0.2) is 49.8 Å². The molecular formula is C14H18ClNO4S. The van der Waals surface area contributed by atoms with Crippen molar-refractivity contribution in [1.29, 1.82) is 0 Å². The highest BCUT2D eigenvalue weighted by atomic mass is 35.5. The Balaban J connectivity index is 2.28. The average Bonchev–Trinajstić information content (AvgIpc) is 2.91. The minimum absolute atomic E-state index is 0.0200. The van der Waals surface area contributed by atoms with Gasteiger partial charge in [0, 0.05) is 11.6 Å². The van der Waals surface area contributed by atoms with Crippen LogP contribution >= 0.6 is 11.6 Å². The Kier molecular flexibility index (Phi) is 4.91. The molecule has 1 aromatic carbocycles. The van der Waals surface area contributed by atoms with Crippen LogP contribution in [0.25, 0.3) is 0 Å². The molecule has 1 N–H and O–H groups in total. The van der Waals surface area contributed by atoms with Gasteiger partial charge < -0.3 is 10.0 Å². The Morgan fingerprint density at radius 2 is 1.95 bits per heavy atom. The predicted octanol–water partition coefficient (Wildman–Crippen LogP) is 2.22. The van der Waals surface area contributed by atoms with Crippen LogP contribution in [0.2, 0.25) is 5.02 Å². The molecule has 1 aliphatic heterocycles. The van der Waals surface area contributed by atoms with Crippen LogP contribution in [0.4, 0.5) is 0 Å². The van der Waals surface area contributed by atoms with Crippen LogP contribution in [0, 0.1) is 6.92 Å². The van der Waals surface area contributed by atoms with E-state index in [2.05, 4.69) is 4.90 Å². The lowest BCUT2D eigenvalue weighted by Gasteiger charge is -2.16. The molecule has 1 aromatic rings. The average molecular weight is 332 g/mol. The Labute approximate surface area is 129 Å². The molecule has 1 heterocycles. The van der Waals surface area contributed by atoms with Gasteiger partial charge in [-0.25, -0.2) is 13.2 Å². The van der Waals surface area contributed by atoms with Crippen molar-refractivity contribution in [2.45, 2.75) is 24.7 Å². The van der Waals surface area contributed by atoms with Gasteiger partial charge in [-0.05, 0) is 50.6 Å². The monoisotopic (exact) mass is 331 g/mol. The van der Waals surface area contributed by atoms with Gasteiger partial charge in [0.2, 0.25) is 0 Å². The summed E-state index contributed by atoms with van der Waals surface area (Å²) in [4.78, 5) is 13.3. The van der Waals surface area contributed by atoms with Gasteiger partial charge in [-0.2, -0.15) is 0 Å². The van der Waals surface area contributed by atoms with Gasteiger partial charge in [-0.3, -0.25) is 0 Å². The summed E-state index contributed by atoms with van der Waals surface area (Å²) in [5.74, 6) is -1.20. The van der Waals surface area contributed by atoms with Gasteiger partial charge >= 0.3 is 5.97 Å². The van der Waals surface area contributed by atoms with E-state index in [-0.39, 0.29) is 26.8 Å². The third kappa shape index (κ3) is 3.75. The first-order valence-corrected chi connectivity index (χ1v) is 8.83. The zero-order valence-electron chi connectivity index (χ0n) is 11.8. The number of carbonyl (C=O) groups is 1. The lowest BCUT2D eigenvalue weighted by Crippen LogP contribution is -2.27. The largest absolute Gasteiger partial charge is 0.478 e. The van der Waals surface area contributed by atoms with Crippen LogP contribution in [-0.2, 0) is 9.84 Å². The maximum atomic E-state index is 12.5. The molecule has 0 unspecified atom stereocenters. The van der Waals surface area contributed by atoms with Crippen molar-refractivity contribution >= 4 is 27.4 Å². The quantitative estimate of drug-likeness (QED) is 0.895. The maximum absolute atomic E-state index is 12.5. The number of benzene rings is 1. The van der Waals surface area contributed by atoms with E-state index in [1.165, 1.54) is 19.1 Å². The van der Waals surface area contributed by atoms with Gasteiger partial charge in [-0.15, -0.1) is 0 Å².